The fourth-order valence-corrected chi connectivity index (χ4v) is 1.10. The highest BCUT2D eigenvalue weighted by Gasteiger charge is 2.41. The molecule has 11 heavy (non-hydrogen) atoms. The summed E-state index contributed by atoms with van der Waals surface area (Å²) in [6, 6.07) is -1.30. The lowest BCUT2D eigenvalue weighted by atomic mass is 10.1. The van der Waals surface area contributed by atoms with E-state index in [0.717, 1.165) is 12.8 Å². The first-order chi connectivity index (χ1) is 5.04. The second kappa shape index (κ2) is 3.01. The molecule has 4 heteroatoms. The van der Waals surface area contributed by atoms with Crippen molar-refractivity contribution in [3.8, 4) is 0 Å². The van der Waals surface area contributed by atoms with Crippen molar-refractivity contribution in [3.05, 3.63) is 0 Å². The Kier molecular flexibility index (Phi) is 2.42. The summed E-state index contributed by atoms with van der Waals surface area (Å²) in [7, 11) is 1.36. The highest BCUT2D eigenvalue weighted by Crippen LogP contribution is 2.37. The van der Waals surface area contributed by atoms with Crippen LogP contribution in [0, 0.1) is 5.92 Å². The van der Waals surface area contributed by atoms with E-state index >= 15 is 0 Å². The van der Waals surface area contributed by atoms with Gasteiger partial charge in [-0.05, 0) is 19.4 Å². The van der Waals surface area contributed by atoms with Crippen LogP contribution in [0.1, 0.15) is 19.3 Å². The van der Waals surface area contributed by atoms with Crippen molar-refractivity contribution in [1.29, 1.82) is 0 Å². The standard InChI is InChI=1S/C7H12F3N/c1-11-6(7(8,9)10)4-5-2-3-5/h5-6,11H,2-4H2,1H3. The predicted molar refractivity (Wildman–Crippen MR) is 36.2 cm³/mol. The van der Waals surface area contributed by atoms with Crippen molar-refractivity contribution in [1.82, 2.24) is 5.32 Å². The summed E-state index contributed by atoms with van der Waals surface area (Å²) in [6.45, 7) is 0. The quantitative estimate of drug-likeness (QED) is 0.677. The minimum absolute atomic E-state index is 0.250. The van der Waals surface area contributed by atoms with Gasteiger partial charge in [-0.3, -0.25) is 0 Å². The average Bonchev–Trinajstić information content (AvgIpc) is 2.62. The molecule has 0 aromatic heterocycles. The van der Waals surface area contributed by atoms with Crippen LogP contribution in [0.3, 0.4) is 0 Å². The average molecular weight is 167 g/mol. The van der Waals surface area contributed by atoms with Crippen LogP contribution in [0.4, 0.5) is 13.2 Å². The molecule has 1 fully saturated rings. The first kappa shape index (κ1) is 8.84. The highest BCUT2D eigenvalue weighted by molar-refractivity contribution is 4.83. The fraction of sp³-hybridized carbons (Fsp3) is 1.00. The Bertz CT molecular complexity index is 128. The van der Waals surface area contributed by atoms with Crippen molar-refractivity contribution in [2.24, 2.45) is 5.92 Å². The molecule has 1 atom stereocenters. The van der Waals surface area contributed by atoms with Crippen LogP contribution in [-0.4, -0.2) is 19.3 Å². The lowest BCUT2D eigenvalue weighted by Gasteiger charge is -2.18. The van der Waals surface area contributed by atoms with Gasteiger partial charge in [0, 0.05) is 0 Å². The minimum atomic E-state index is -4.07. The van der Waals surface area contributed by atoms with E-state index in [1.54, 1.807) is 0 Å². The maximum atomic E-state index is 12.0. The van der Waals surface area contributed by atoms with Crippen molar-refractivity contribution in [2.75, 3.05) is 7.05 Å². The Morgan fingerprint density at radius 1 is 1.45 bits per heavy atom. The Hall–Kier alpha value is -0.250. The summed E-state index contributed by atoms with van der Waals surface area (Å²) < 4.78 is 36.1. The number of halogens is 3. The van der Waals surface area contributed by atoms with Crippen molar-refractivity contribution in [3.63, 3.8) is 0 Å². The van der Waals surface area contributed by atoms with Gasteiger partial charge in [0.1, 0.15) is 6.04 Å². The van der Waals surface area contributed by atoms with Crippen LogP contribution >= 0.6 is 0 Å². The molecule has 0 amide bonds. The summed E-state index contributed by atoms with van der Waals surface area (Å²) in [5, 5.41) is 2.29. The van der Waals surface area contributed by atoms with Gasteiger partial charge in [-0.1, -0.05) is 12.8 Å². The minimum Gasteiger partial charge on any atom is -0.309 e. The maximum absolute atomic E-state index is 12.0. The van der Waals surface area contributed by atoms with Crippen LogP contribution in [0.5, 0.6) is 0 Å². The van der Waals surface area contributed by atoms with Crippen LogP contribution in [-0.2, 0) is 0 Å². The Morgan fingerprint density at radius 3 is 2.27 bits per heavy atom. The molecule has 1 saturated carbocycles. The monoisotopic (exact) mass is 167 g/mol. The first-order valence-corrected chi connectivity index (χ1v) is 3.78. The molecule has 66 valence electrons. The summed E-state index contributed by atoms with van der Waals surface area (Å²) in [4.78, 5) is 0. The molecule has 1 N–H and O–H groups in total. The van der Waals surface area contributed by atoms with Gasteiger partial charge in [0.2, 0.25) is 0 Å². The van der Waals surface area contributed by atoms with Gasteiger partial charge in [-0.15, -0.1) is 0 Å². The third-order valence-corrected chi connectivity index (χ3v) is 2.01. The summed E-state index contributed by atoms with van der Waals surface area (Å²) in [6.07, 6.45) is -1.89. The fourth-order valence-electron chi connectivity index (χ4n) is 1.10. The third-order valence-electron chi connectivity index (χ3n) is 2.01. The SMILES string of the molecule is CNC(CC1CC1)C(F)(F)F. The van der Waals surface area contributed by atoms with E-state index in [9.17, 15) is 13.2 Å². The second-order valence-electron chi connectivity index (χ2n) is 3.06. The lowest BCUT2D eigenvalue weighted by molar-refractivity contribution is -0.156. The van der Waals surface area contributed by atoms with E-state index in [0.29, 0.717) is 5.92 Å². The van der Waals surface area contributed by atoms with E-state index in [1.807, 2.05) is 0 Å². The van der Waals surface area contributed by atoms with E-state index in [1.165, 1.54) is 7.05 Å². The van der Waals surface area contributed by atoms with Crippen molar-refractivity contribution >= 4 is 0 Å². The van der Waals surface area contributed by atoms with Crippen molar-refractivity contribution in [2.45, 2.75) is 31.5 Å². The molecule has 1 aliphatic carbocycles. The van der Waals surface area contributed by atoms with E-state index in [4.69, 9.17) is 0 Å². The summed E-state index contributed by atoms with van der Waals surface area (Å²) in [5.74, 6) is 0.314. The second-order valence-corrected chi connectivity index (χ2v) is 3.06. The van der Waals surface area contributed by atoms with Crippen molar-refractivity contribution < 1.29 is 13.2 Å². The van der Waals surface area contributed by atoms with Gasteiger partial charge < -0.3 is 5.32 Å². The Balaban J connectivity index is 2.34. The molecule has 0 aromatic rings. The zero-order chi connectivity index (χ0) is 8.48. The topological polar surface area (TPSA) is 12.0 Å². The zero-order valence-corrected chi connectivity index (χ0v) is 6.41. The Morgan fingerprint density at radius 2 is 2.00 bits per heavy atom. The number of rotatable bonds is 3. The molecule has 0 bridgehead atoms. The van der Waals surface area contributed by atoms with Gasteiger partial charge >= 0.3 is 6.18 Å². The molecule has 0 aromatic carbocycles. The molecule has 0 aliphatic heterocycles. The van der Waals surface area contributed by atoms with Gasteiger partial charge in [0.25, 0.3) is 0 Å². The van der Waals surface area contributed by atoms with Crippen LogP contribution in [0.25, 0.3) is 0 Å². The van der Waals surface area contributed by atoms with E-state index in [2.05, 4.69) is 5.32 Å². The van der Waals surface area contributed by atoms with Crippen LogP contribution in [0.2, 0.25) is 0 Å². The van der Waals surface area contributed by atoms with E-state index in [-0.39, 0.29) is 6.42 Å². The molecule has 0 heterocycles. The number of nitrogens with one attached hydrogen (secondary N) is 1. The third kappa shape index (κ3) is 2.69. The molecule has 0 radical (unpaired) electrons. The Labute approximate surface area is 64.0 Å². The largest absolute Gasteiger partial charge is 0.403 e. The number of hydrogen-bond acceptors (Lipinski definition) is 1. The molecule has 1 rings (SSSR count). The normalized spacial score (nSPS) is 21.8. The maximum Gasteiger partial charge on any atom is 0.403 e. The molecule has 0 saturated heterocycles. The van der Waals surface area contributed by atoms with Crippen LogP contribution in [0.15, 0.2) is 0 Å². The molecule has 1 unspecified atom stereocenters. The molecular formula is C7H12F3N. The summed E-state index contributed by atoms with van der Waals surface area (Å²) >= 11 is 0. The lowest BCUT2D eigenvalue weighted by Crippen LogP contribution is -2.40. The molecular weight excluding hydrogens is 155 g/mol. The number of hydrogen-bond donors (Lipinski definition) is 1. The van der Waals surface area contributed by atoms with Crippen LogP contribution < -0.4 is 5.32 Å². The highest BCUT2D eigenvalue weighted by atomic mass is 19.4. The molecule has 0 spiro atoms. The molecule has 1 nitrogen and oxygen atoms in total. The first-order valence-electron chi connectivity index (χ1n) is 3.78. The van der Waals surface area contributed by atoms with E-state index < -0.39 is 12.2 Å². The summed E-state index contributed by atoms with van der Waals surface area (Å²) in [5.41, 5.74) is 0. The molecule has 1 aliphatic rings. The predicted octanol–water partition coefficient (Wildman–Crippen LogP) is 1.94. The van der Waals surface area contributed by atoms with Gasteiger partial charge in [-0.25, -0.2) is 0 Å². The zero-order valence-electron chi connectivity index (χ0n) is 6.41. The van der Waals surface area contributed by atoms with Gasteiger partial charge in [0.15, 0.2) is 0 Å². The smallest absolute Gasteiger partial charge is 0.309 e. The number of alkyl halides is 3. The van der Waals surface area contributed by atoms with Gasteiger partial charge in [0.05, 0.1) is 0 Å². The van der Waals surface area contributed by atoms with Gasteiger partial charge in [-0.2, -0.15) is 13.2 Å².